The first kappa shape index (κ1) is 31.1. The second-order valence-corrected chi connectivity index (χ2v) is 11.0. The quantitative estimate of drug-likeness (QED) is 0.458. The van der Waals surface area contributed by atoms with E-state index in [1.54, 1.807) is 24.8 Å². The average Bonchev–Trinajstić information content (AvgIpc) is 2.92. The summed E-state index contributed by atoms with van der Waals surface area (Å²) < 4.78 is 64.9. The lowest BCUT2D eigenvalue weighted by Gasteiger charge is -2.44. The molecule has 3 heterocycles. The summed E-state index contributed by atoms with van der Waals surface area (Å²) in [4.78, 5) is 44.8. The van der Waals surface area contributed by atoms with Crippen molar-refractivity contribution in [2.24, 2.45) is 0 Å². The summed E-state index contributed by atoms with van der Waals surface area (Å²) in [6.07, 6.45) is -1.40. The number of carbonyl (C=O) groups is 2. The van der Waals surface area contributed by atoms with Crippen molar-refractivity contribution in [1.82, 2.24) is 14.8 Å². The fourth-order valence-corrected chi connectivity index (χ4v) is 5.27. The Kier molecular flexibility index (Phi) is 9.29. The number of hydrogen-bond donors (Lipinski definition) is 2. The van der Waals surface area contributed by atoms with Crippen LogP contribution in [0.15, 0.2) is 29.2 Å². The summed E-state index contributed by atoms with van der Waals surface area (Å²) in [5.41, 5.74) is -2.82. The molecule has 0 spiro atoms. The van der Waals surface area contributed by atoms with E-state index in [4.69, 9.17) is 4.74 Å². The van der Waals surface area contributed by atoms with Crippen LogP contribution < -0.4 is 15.8 Å². The van der Waals surface area contributed by atoms with Crippen LogP contribution in [-0.2, 0) is 4.74 Å². The van der Waals surface area contributed by atoms with Crippen LogP contribution >= 0.6 is 0 Å². The molecule has 0 radical (unpaired) electrons. The van der Waals surface area contributed by atoms with Gasteiger partial charge in [0.2, 0.25) is 5.56 Å². The van der Waals surface area contributed by atoms with Gasteiger partial charge >= 0.3 is 6.09 Å². The Morgan fingerprint density at radius 1 is 1.12 bits per heavy atom. The smallest absolute Gasteiger partial charge is 0.410 e. The van der Waals surface area contributed by atoms with Gasteiger partial charge in [0.1, 0.15) is 11.5 Å². The number of hydrogen-bond acceptors (Lipinski definition) is 6. The van der Waals surface area contributed by atoms with Crippen molar-refractivity contribution >= 4 is 28.9 Å². The normalized spacial score (nSPS) is 19.7. The summed E-state index contributed by atoms with van der Waals surface area (Å²) in [7, 11) is 1.94. The van der Waals surface area contributed by atoms with E-state index in [1.165, 1.54) is 4.90 Å². The number of benzene rings is 1. The Balaban J connectivity index is 1.80. The molecule has 0 saturated carbocycles. The Morgan fingerprint density at radius 3 is 2.40 bits per heavy atom. The van der Waals surface area contributed by atoms with Gasteiger partial charge in [0.05, 0.1) is 22.9 Å². The van der Waals surface area contributed by atoms with Crippen LogP contribution in [0.3, 0.4) is 0 Å². The third-order valence-electron chi connectivity index (χ3n) is 7.64. The average molecular weight is 594 g/mol. The molecule has 228 valence electrons. The zero-order valence-electron chi connectivity index (χ0n) is 24.1. The number of halogens is 4. The molecule has 2 aliphatic heterocycles. The maximum atomic E-state index is 16.5. The number of carbonyl (C=O) groups excluding carboxylic acids is 2. The highest BCUT2D eigenvalue weighted by Gasteiger charge is 2.33. The summed E-state index contributed by atoms with van der Waals surface area (Å²) in [5, 5.41) is 2.39. The minimum absolute atomic E-state index is 0.00526. The van der Waals surface area contributed by atoms with Crippen molar-refractivity contribution in [2.45, 2.75) is 58.7 Å². The van der Waals surface area contributed by atoms with E-state index >= 15 is 8.78 Å². The second-order valence-electron chi connectivity index (χ2n) is 11.0. The van der Waals surface area contributed by atoms with E-state index in [0.29, 0.717) is 32.1 Å². The number of rotatable bonds is 6. The lowest BCUT2D eigenvalue weighted by molar-refractivity contribution is 0.0802. The van der Waals surface area contributed by atoms with Crippen LogP contribution in [0.25, 0.3) is 5.57 Å². The molecular weight excluding hydrogens is 558 g/mol. The van der Waals surface area contributed by atoms with Gasteiger partial charge in [-0.05, 0) is 46.7 Å². The molecule has 2 unspecified atom stereocenters. The van der Waals surface area contributed by atoms with E-state index in [2.05, 4.69) is 15.2 Å². The summed E-state index contributed by atoms with van der Waals surface area (Å²) in [6, 6.07) is 1.71. The number of ether oxygens (including phenoxy) is 1. The molecular formula is C29H35F4N5O4. The molecule has 1 fully saturated rings. The van der Waals surface area contributed by atoms with Gasteiger partial charge in [-0.2, -0.15) is 0 Å². The fourth-order valence-electron chi connectivity index (χ4n) is 5.27. The van der Waals surface area contributed by atoms with Crippen molar-refractivity contribution < 1.29 is 31.9 Å². The molecule has 1 aromatic heterocycles. The van der Waals surface area contributed by atoms with E-state index in [9.17, 15) is 23.2 Å². The van der Waals surface area contributed by atoms with Gasteiger partial charge in [-0.25, -0.2) is 22.4 Å². The molecule has 2 atom stereocenters. The van der Waals surface area contributed by atoms with Crippen LogP contribution in [0.1, 0.15) is 62.0 Å². The maximum absolute atomic E-state index is 16.5. The van der Waals surface area contributed by atoms with Crippen LogP contribution in [-0.4, -0.2) is 78.2 Å². The van der Waals surface area contributed by atoms with Gasteiger partial charge in [0, 0.05) is 62.2 Å². The van der Waals surface area contributed by atoms with Crippen LogP contribution in [0.5, 0.6) is 0 Å². The minimum atomic E-state index is -3.15. The number of aromatic nitrogens is 1. The van der Waals surface area contributed by atoms with Crippen LogP contribution in [0.2, 0.25) is 0 Å². The number of nitrogens with zero attached hydrogens (tertiary/aromatic N) is 3. The fraction of sp³-hybridized carbons (Fsp3) is 0.483. The molecule has 2 N–H and O–H groups in total. The molecule has 0 aliphatic carbocycles. The highest BCUT2D eigenvalue weighted by molar-refractivity contribution is 6.07. The van der Waals surface area contributed by atoms with E-state index < -0.39 is 58.0 Å². The van der Waals surface area contributed by atoms with E-state index in [1.807, 2.05) is 20.9 Å². The zero-order valence-corrected chi connectivity index (χ0v) is 24.1. The Labute approximate surface area is 241 Å². The number of nitrogens with one attached hydrogen (secondary N) is 2. The largest absolute Gasteiger partial charge is 0.447 e. The highest BCUT2D eigenvalue weighted by Crippen LogP contribution is 2.39. The molecule has 1 aromatic carbocycles. The summed E-state index contributed by atoms with van der Waals surface area (Å²) in [6.45, 7) is 8.19. The number of H-pyrrole nitrogens is 1. The summed E-state index contributed by atoms with van der Waals surface area (Å²) >= 11 is 0. The predicted octanol–water partition coefficient (Wildman–Crippen LogP) is 5.01. The molecule has 4 rings (SSSR count). The number of anilines is 2. The van der Waals surface area contributed by atoms with Crippen molar-refractivity contribution in [2.75, 3.05) is 43.4 Å². The van der Waals surface area contributed by atoms with E-state index in [-0.39, 0.29) is 36.0 Å². The summed E-state index contributed by atoms with van der Waals surface area (Å²) in [5.74, 6) is -3.11. The van der Waals surface area contributed by atoms with Crippen LogP contribution in [0, 0.1) is 11.6 Å². The maximum Gasteiger partial charge on any atom is 0.410 e. The van der Waals surface area contributed by atoms with Crippen molar-refractivity contribution in [3.63, 3.8) is 0 Å². The second kappa shape index (κ2) is 12.6. The molecule has 42 heavy (non-hydrogen) atoms. The Hall–Kier alpha value is -3.87. The first-order valence-corrected chi connectivity index (χ1v) is 13.7. The van der Waals surface area contributed by atoms with E-state index in [0.717, 1.165) is 12.3 Å². The third kappa shape index (κ3) is 6.45. The SMILES string of the molecule is CC(C)OC(=O)N1CCC=C(c2c(F)cc(N3CC(C)N(C)C(C)C3)c(NC(=O)c3c[nH]c(=O)cc3C(F)F)c2F)C1. The molecule has 2 amide bonds. The minimum Gasteiger partial charge on any atom is -0.447 e. The lowest BCUT2D eigenvalue weighted by atomic mass is 9.97. The number of aromatic amines is 1. The Morgan fingerprint density at radius 2 is 1.79 bits per heavy atom. The molecule has 13 heteroatoms. The molecule has 1 saturated heterocycles. The molecule has 9 nitrogen and oxygen atoms in total. The van der Waals surface area contributed by atoms with Crippen molar-refractivity contribution in [3.05, 3.63) is 63.1 Å². The first-order chi connectivity index (χ1) is 19.8. The monoisotopic (exact) mass is 593 g/mol. The lowest BCUT2D eigenvalue weighted by Crippen LogP contribution is -2.55. The van der Waals surface area contributed by atoms with Crippen molar-refractivity contribution in [3.8, 4) is 0 Å². The number of piperazine rings is 1. The zero-order chi connectivity index (χ0) is 30.9. The van der Waals surface area contributed by atoms with Gasteiger partial charge in [-0.15, -0.1) is 0 Å². The first-order valence-electron chi connectivity index (χ1n) is 13.7. The molecule has 0 bridgehead atoms. The van der Waals surface area contributed by atoms with Gasteiger partial charge in [0.25, 0.3) is 12.3 Å². The predicted molar refractivity (Wildman–Crippen MR) is 151 cm³/mol. The van der Waals surface area contributed by atoms with Crippen LogP contribution in [0.4, 0.5) is 33.7 Å². The highest BCUT2D eigenvalue weighted by atomic mass is 19.3. The van der Waals surface area contributed by atoms with Crippen molar-refractivity contribution in [1.29, 1.82) is 0 Å². The number of pyridine rings is 1. The molecule has 2 aromatic rings. The Bertz CT molecular complexity index is 1430. The standard InChI is InChI=1S/C29H35F4N5O4/c1-15(2)42-29(41)37-8-6-7-18(14-37)24-21(30)10-22(38-12-16(3)36(5)17(4)13-38)26(25(24)31)35-28(40)20-11-34-23(39)9-19(20)27(32)33/h7,9-11,15-17,27H,6,8,12-14H2,1-5H3,(H,34,39)(H,35,40). The van der Waals surface area contributed by atoms with Gasteiger partial charge in [0.15, 0.2) is 5.82 Å². The van der Waals surface area contributed by atoms with Gasteiger partial charge in [-0.1, -0.05) is 6.08 Å². The third-order valence-corrected chi connectivity index (χ3v) is 7.64. The molecule has 2 aliphatic rings. The number of amides is 2. The van der Waals surface area contributed by atoms with Gasteiger partial charge in [-0.3, -0.25) is 14.5 Å². The number of alkyl halides is 2. The van der Waals surface area contributed by atoms with Gasteiger partial charge < -0.3 is 24.8 Å². The number of likely N-dealkylation sites (N-methyl/N-ethyl adjacent to an activating group) is 1. The topological polar surface area (TPSA) is 98.0 Å².